The molecule has 2 N–H and O–H groups in total. The molecule has 0 aromatic heterocycles. The highest BCUT2D eigenvalue weighted by Gasteiger charge is 2.34. The molecule has 0 bridgehead atoms. The molecule has 0 saturated heterocycles. The Morgan fingerprint density at radius 1 is 0.913 bits per heavy atom. The van der Waals surface area contributed by atoms with Crippen molar-refractivity contribution in [2.75, 3.05) is 10.6 Å². The van der Waals surface area contributed by atoms with Crippen LogP contribution in [0.25, 0.3) is 0 Å². The number of alkyl halides is 3. The van der Waals surface area contributed by atoms with Crippen molar-refractivity contribution in [2.24, 2.45) is 0 Å². The van der Waals surface area contributed by atoms with Gasteiger partial charge in [0.25, 0.3) is 0 Å². The van der Waals surface area contributed by atoms with Crippen LogP contribution in [0.15, 0.2) is 48.5 Å². The summed E-state index contributed by atoms with van der Waals surface area (Å²) in [5.74, 6) is -2.23. The summed E-state index contributed by atoms with van der Waals surface area (Å²) >= 11 is 0. The number of nitrogens with one attached hydrogen (secondary N) is 2. The van der Waals surface area contributed by atoms with Gasteiger partial charge in [0, 0.05) is 5.69 Å². The Hall–Kier alpha value is -2.83. The van der Waals surface area contributed by atoms with Crippen LogP contribution >= 0.6 is 0 Å². The molecule has 0 aliphatic heterocycles. The molecule has 0 aliphatic carbocycles. The molecule has 2 aromatic carbocycles. The van der Waals surface area contributed by atoms with E-state index in [1.165, 1.54) is 12.1 Å². The summed E-state index contributed by atoms with van der Waals surface area (Å²) in [4.78, 5) is 23.6. The molecule has 0 fully saturated rings. The quantitative estimate of drug-likeness (QED) is 0.830. The van der Waals surface area contributed by atoms with Gasteiger partial charge < -0.3 is 10.6 Å². The first-order chi connectivity index (χ1) is 10.8. The van der Waals surface area contributed by atoms with E-state index >= 15 is 0 Å². The summed E-state index contributed by atoms with van der Waals surface area (Å²) in [5, 5.41) is 4.31. The highest BCUT2D eigenvalue weighted by molar-refractivity contribution is 6.43. The third kappa shape index (κ3) is 4.32. The molecule has 2 aromatic rings. The zero-order valence-corrected chi connectivity index (χ0v) is 12.1. The Labute approximate surface area is 130 Å². The molecule has 23 heavy (non-hydrogen) atoms. The molecule has 7 heteroatoms. The largest absolute Gasteiger partial charge is 0.418 e. The highest BCUT2D eigenvalue weighted by Crippen LogP contribution is 2.34. The lowest BCUT2D eigenvalue weighted by molar-refractivity contribution is -0.137. The van der Waals surface area contributed by atoms with E-state index in [1.54, 1.807) is 31.2 Å². The summed E-state index contributed by atoms with van der Waals surface area (Å²) in [6.45, 7) is 1.80. The predicted octanol–water partition coefficient (Wildman–Crippen LogP) is 3.59. The fourth-order valence-electron chi connectivity index (χ4n) is 1.93. The number of hydrogen-bond donors (Lipinski definition) is 2. The summed E-state index contributed by atoms with van der Waals surface area (Å²) in [7, 11) is 0. The van der Waals surface area contributed by atoms with E-state index in [9.17, 15) is 22.8 Å². The predicted molar refractivity (Wildman–Crippen MR) is 79.9 cm³/mol. The van der Waals surface area contributed by atoms with E-state index in [4.69, 9.17) is 0 Å². The number of hydrogen-bond acceptors (Lipinski definition) is 2. The molecule has 4 nitrogen and oxygen atoms in total. The number of carbonyl (C=O) groups excluding carboxylic acids is 2. The number of amides is 2. The highest BCUT2D eigenvalue weighted by atomic mass is 19.4. The second-order valence-corrected chi connectivity index (χ2v) is 4.82. The fourth-order valence-corrected chi connectivity index (χ4v) is 1.93. The second kappa shape index (κ2) is 6.51. The zero-order chi connectivity index (χ0) is 17.0. The van der Waals surface area contributed by atoms with E-state index < -0.39 is 29.2 Å². The summed E-state index contributed by atoms with van der Waals surface area (Å²) in [5.41, 5.74) is -0.235. The van der Waals surface area contributed by atoms with Crippen LogP contribution < -0.4 is 10.6 Å². The fraction of sp³-hybridized carbons (Fsp3) is 0.125. The van der Waals surface area contributed by atoms with Gasteiger partial charge in [-0.1, -0.05) is 24.3 Å². The number of halogens is 3. The van der Waals surface area contributed by atoms with Crippen molar-refractivity contribution in [1.29, 1.82) is 0 Å². The third-order valence-corrected chi connectivity index (χ3v) is 2.96. The van der Waals surface area contributed by atoms with E-state index in [0.717, 1.165) is 17.7 Å². The monoisotopic (exact) mass is 322 g/mol. The van der Waals surface area contributed by atoms with Crippen molar-refractivity contribution in [2.45, 2.75) is 13.1 Å². The minimum Gasteiger partial charge on any atom is -0.318 e. The van der Waals surface area contributed by atoms with Crippen molar-refractivity contribution < 1.29 is 22.8 Å². The lowest BCUT2D eigenvalue weighted by Crippen LogP contribution is -2.30. The van der Waals surface area contributed by atoms with Crippen molar-refractivity contribution in [3.05, 3.63) is 59.7 Å². The molecule has 2 amide bonds. The molecule has 0 aliphatic rings. The number of benzene rings is 2. The Bertz CT molecular complexity index is 742. The van der Waals surface area contributed by atoms with Crippen LogP contribution in [-0.2, 0) is 15.8 Å². The maximum Gasteiger partial charge on any atom is 0.418 e. The lowest BCUT2D eigenvalue weighted by atomic mass is 10.1. The van der Waals surface area contributed by atoms with Gasteiger partial charge in [-0.3, -0.25) is 9.59 Å². The number of para-hydroxylation sites is 1. The van der Waals surface area contributed by atoms with Crippen LogP contribution in [0.1, 0.15) is 11.1 Å². The normalized spacial score (nSPS) is 11.0. The topological polar surface area (TPSA) is 58.2 Å². The Morgan fingerprint density at radius 3 is 2.22 bits per heavy atom. The van der Waals surface area contributed by atoms with Gasteiger partial charge in [0.2, 0.25) is 0 Å². The Balaban J connectivity index is 2.12. The molecular formula is C16H13F3N2O2. The Morgan fingerprint density at radius 2 is 1.57 bits per heavy atom. The molecule has 0 spiro atoms. The molecular weight excluding hydrogens is 309 g/mol. The van der Waals surface area contributed by atoms with Crippen LogP contribution in [0, 0.1) is 6.92 Å². The molecule has 0 radical (unpaired) electrons. The molecule has 120 valence electrons. The van der Waals surface area contributed by atoms with E-state index in [0.29, 0.717) is 5.69 Å². The first-order valence-corrected chi connectivity index (χ1v) is 6.62. The standard InChI is InChI=1S/C16H13F3N2O2/c1-10-5-4-6-11(9-10)20-14(22)15(23)21-13-8-3-2-7-12(13)16(17,18)19/h2-9H,1H3,(H,20,22)(H,21,23). The first-order valence-electron chi connectivity index (χ1n) is 6.62. The first kappa shape index (κ1) is 16.5. The molecule has 0 atom stereocenters. The van der Waals surface area contributed by atoms with Crippen molar-refractivity contribution in [3.63, 3.8) is 0 Å². The number of aryl methyl sites for hydroxylation is 1. The van der Waals surface area contributed by atoms with Gasteiger partial charge in [0.05, 0.1) is 11.3 Å². The van der Waals surface area contributed by atoms with E-state index in [-0.39, 0.29) is 0 Å². The number of rotatable bonds is 2. The van der Waals surface area contributed by atoms with Gasteiger partial charge in [-0.15, -0.1) is 0 Å². The van der Waals surface area contributed by atoms with Crippen molar-refractivity contribution >= 4 is 23.2 Å². The van der Waals surface area contributed by atoms with Crippen LogP contribution in [0.4, 0.5) is 24.5 Å². The minimum atomic E-state index is -4.63. The van der Waals surface area contributed by atoms with Gasteiger partial charge in [0.1, 0.15) is 0 Å². The van der Waals surface area contributed by atoms with Crippen molar-refractivity contribution in [3.8, 4) is 0 Å². The third-order valence-electron chi connectivity index (χ3n) is 2.96. The summed E-state index contributed by atoms with van der Waals surface area (Å²) in [6, 6.07) is 11.1. The number of carbonyl (C=O) groups is 2. The maximum atomic E-state index is 12.8. The van der Waals surface area contributed by atoms with Crippen LogP contribution in [0.2, 0.25) is 0 Å². The van der Waals surface area contributed by atoms with E-state index in [1.807, 2.05) is 5.32 Å². The lowest BCUT2D eigenvalue weighted by Gasteiger charge is -2.13. The van der Waals surface area contributed by atoms with Gasteiger partial charge in [-0.25, -0.2) is 0 Å². The summed E-state index contributed by atoms with van der Waals surface area (Å²) < 4.78 is 38.5. The van der Waals surface area contributed by atoms with Gasteiger partial charge in [-0.2, -0.15) is 13.2 Å². The average Bonchev–Trinajstić information content (AvgIpc) is 2.46. The molecule has 0 unspecified atom stereocenters. The van der Waals surface area contributed by atoms with E-state index in [2.05, 4.69) is 5.32 Å². The maximum absolute atomic E-state index is 12.8. The molecule has 0 saturated carbocycles. The zero-order valence-electron chi connectivity index (χ0n) is 12.1. The smallest absolute Gasteiger partial charge is 0.318 e. The van der Waals surface area contributed by atoms with Gasteiger partial charge >= 0.3 is 18.0 Å². The number of anilines is 2. The Kier molecular flexibility index (Phi) is 4.68. The van der Waals surface area contributed by atoms with Crippen molar-refractivity contribution in [1.82, 2.24) is 0 Å². The molecule has 2 rings (SSSR count). The molecule has 0 heterocycles. The van der Waals surface area contributed by atoms with Crippen LogP contribution in [0.3, 0.4) is 0 Å². The average molecular weight is 322 g/mol. The van der Waals surface area contributed by atoms with Gasteiger partial charge in [0.15, 0.2) is 0 Å². The van der Waals surface area contributed by atoms with Crippen LogP contribution in [-0.4, -0.2) is 11.8 Å². The SMILES string of the molecule is Cc1cccc(NC(=O)C(=O)Nc2ccccc2C(F)(F)F)c1. The minimum absolute atomic E-state index is 0.384. The summed E-state index contributed by atoms with van der Waals surface area (Å²) in [6.07, 6.45) is -4.63. The van der Waals surface area contributed by atoms with Crippen LogP contribution in [0.5, 0.6) is 0 Å². The van der Waals surface area contributed by atoms with Gasteiger partial charge in [-0.05, 0) is 36.8 Å². The second-order valence-electron chi connectivity index (χ2n) is 4.82.